The molecule has 0 radical (unpaired) electrons. The fourth-order valence-electron chi connectivity index (χ4n) is 2.56. The van der Waals surface area contributed by atoms with Crippen molar-refractivity contribution in [3.63, 3.8) is 0 Å². The van der Waals surface area contributed by atoms with Gasteiger partial charge in [-0.2, -0.15) is 5.10 Å². The maximum Gasteiger partial charge on any atom is 0.275 e. The third-order valence-electron chi connectivity index (χ3n) is 4.15. The second-order valence-corrected chi connectivity index (χ2v) is 6.35. The zero-order chi connectivity index (χ0) is 22.1. The normalized spacial score (nSPS) is 10.5. The fraction of sp³-hybridized carbons (Fsp3) is 0.0870. The molecule has 0 unspecified atom stereocenters. The molecule has 3 aromatic rings. The minimum absolute atomic E-state index is 0.118. The molecule has 0 aliphatic heterocycles. The molecule has 3 rings (SSSR count). The highest BCUT2D eigenvalue weighted by molar-refractivity contribution is 5.97. The van der Waals surface area contributed by atoms with Crippen LogP contribution in [-0.4, -0.2) is 36.9 Å². The highest BCUT2D eigenvalue weighted by Crippen LogP contribution is 2.16. The maximum atomic E-state index is 12.0. The number of benzene rings is 3. The van der Waals surface area contributed by atoms with E-state index in [0.29, 0.717) is 22.7 Å². The van der Waals surface area contributed by atoms with Crippen molar-refractivity contribution in [1.29, 1.82) is 0 Å². The molecule has 0 aliphatic rings. The lowest BCUT2D eigenvalue weighted by Gasteiger charge is -2.08. The van der Waals surface area contributed by atoms with Crippen LogP contribution in [0.3, 0.4) is 0 Å². The van der Waals surface area contributed by atoms with Crippen molar-refractivity contribution >= 4 is 23.7 Å². The number of carbonyl (C=O) groups is 2. The monoisotopic (exact) mass is 419 g/mol. The minimum Gasteiger partial charge on any atom is -0.507 e. The van der Waals surface area contributed by atoms with E-state index in [9.17, 15) is 14.7 Å². The summed E-state index contributed by atoms with van der Waals surface area (Å²) in [6.45, 7) is -0.143. The Morgan fingerprint density at radius 2 is 1.65 bits per heavy atom. The van der Waals surface area contributed by atoms with Crippen LogP contribution in [-0.2, 0) is 4.79 Å². The van der Waals surface area contributed by atoms with Crippen LogP contribution in [0.4, 0.5) is 5.69 Å². The highest BCUT2D eigenvalue weighted by Gasteiger charge is 2.08. The van der Waals surface area contributed by atoms with Crippen molar-refractivity contribution in [3.8, 4) is 17.2 Å². The van der Waals surface area contributed by atoms with Crippen molar-refractivity contribution in [3.05, 3.63) is 83.9 Å². The summed E-state index contributed by atoms with van der Waals surface area (Å²) >= 11 is 0. The van der Waals surface area contributed by atoms with Crippen LogP contribution in [0.5, 0.6) is 17.2 Å². The zero-order valence-electron chi connectivity index (χ0n) is 16.7. The minimum atomic E-state index is -0.517. The molecule has 0 spiro atoms. The predicted octanol–water partition coefficient (Wildman–Crippen LogP) is 3.18. The molecule has 0 aliphatic carbocycles. The largest absolute Gasteiger partial charge is 0.507 e. The second kappa shape index (κ2) is 10.4. The van der Waals surface area contributed by atoms with Gasteiger partial charge in [-0.3, -0.25) is 9.59 Å². The van der Waals surface area contributed by atoms with Crippen LogP contribution >= 0.6 is 0 Å². The van der Waals surface area contributed by atoms with E-state index in [1.165, 1.54) is 18.3 Å². The molecular weight excluding hydrogens is 398 g/mol. The van der Waals surface area contributed by atoms with Gasteiger partial charge >= 0.3 is 0 Å². The van der Waals surface area contributed by atoms with Crippen LogP contribution in [0, 0.1) is 0 Å². The number of para-hydroxylation sites is 1. The summed E-state index contributed by atoms with van der Waals surface area (Å²) in [5, 5.41) is 16.3. The quantitative estimate of drug-likeness (QED) is 0.384. The van der Waals surface area contributed by atoms with Crippen molar-refractivity contribution < 1.29 is 24.2 Å². The molecule has 3 N–H and O–H groups in total. The lowest BCUT2D eigenvalue weighted by molar-refractivity contribution is -0.118. The maximum absolute atomic E-state index is 12.0. The van der Waals surface area contributed by atoms with Crippen LogP contribution < -0.4 is 20.2 Å². The standard InChI is InChI=1S/C23H21N3O5/c1-30-18-12-8-17(9-13-18)25-22(28)15-31-19-10-6-16(7-11-19)14-24-26-23(29)20-4-2-3-5-21(20)27/h2-14,27H,15H2,1H3,(H,25,28)(H,26,29)/b24-14+. The molecule has 8 nitrogen and oxygen atoms in total. The summed E-state index contributed by atoms with van der Waals surface area (Å²) in [6.07, 6.45) is 1.46. The van der Waals surface area contributed by atoms with Gasteiger partial charge in [0.25, 0.3) is 11.8 Å². The van der Waals surface area contributed by atoms with Crippen molar-refractivity contribution in [2.45, 2.75) is 0 Å². The summed E-state index contributed by atoms with van der Waals surface area (Å²) < 4.78 is 10.5. The Kier molecular flexibility index (Phi) is 7.21. The Morgan fingerprint density at radius 3 is 2.32 bits per heavy atom. The number of rotatable bonds is 8. The Bertz CT molecular complexity index is 1060. The average Bonchev–Trinajstić information content (AvgIpc) is 2.79. The summed E-state index contributed by atoms with van der Waals surface area (Å²) in [4.78, 5) is 24.0. The predicted molar refractivity (Wildman–Crippen MR) is 117 cm³/mol. The third kappa shape index (κ3) is 6.33. The van der Waals surface area contributed by atoms with E-state index in [1.807, 2.05) is 0 Å². The van der Waals surface area contributed by atoms with E-state index in [1.54, 1.807) is 67.8 Å². The summed E-state index contributed by atoms with van der Waals surface area (Å²) in [5.41, 5.74) is 3.85. The SMILES string of the molecule is COc1ccc(NC(=O)COc2ccc(/C=N/NC(=O)c3ccccc3O)cc2)cc1. The third-order valence-corrected chi connectivity index (χ3v) is 4.15. The topological polar surface area (TPSA) is 109 Å². The van der Waals surface area contributed by atoms with E-state index >= 15 is 0 Å². The molecule has 0 bridgehead atoms. The molecule has 0 saturated carbocycles. The van der Waals surface area contributed by atoms with Gasteiger partial charge in [0.1, 0.15) is 17.2 Å². The lowest BCUT2D eigenvalue weighted by atomic mass is 10.2. The Hall–Kier alpha value is -4.33. The first-order chi connectivity index (χ1) is 15.0. The van der Waals surface area contributed by atoms with E-state index in [4.69, 9.17) is 9.47 Å². The molecule has 0 atom stereocenters. The number of nitrogens with one attached hydrogen (secondary N) is 2. The molecule has 0 heterocycles. The molecule has 0 aromatic heterocycles. The first-order valence-electron chi connectivity index (χ1n) is 9.33. The first-order valence-corrected chi connectivity index (χ1v) is 9.33. The van der Waals surface area contributed by atoms with Crippen LogP contribution in [0.15, 0.2) is 77.9 Å². The Balaban J connectivity index is 1.46. The molecule has 0 saturated heterocycles. The molecule has 158 valence electrons. The van der Waals surface area contributed by atoms with Crippen molar-refractivity contribution in [1.82, 2.24) is 5.43 Å². The summed E-state index contributed by atoms with van der Waals surface area (Å²) in [7, 11) is 1.57. The van der Waals surface area contributed by atoms with Crippen LogP contribution in [0.1, 0.15) is 15.9 Å². The van der Waals surface area contributed by atoms with Crippen LogP contribution in [0.25, 0.3) is 0 Å². The summed E-state index contributed by atoms with van der Waals surface area (Å²) in [5.74, 6) is 0.295. The smallest absolute Gasteiger partial charge is 0.275 e. The number of hydrogen-bond donors (Lipinski definition) is 3. The number of phenolic OH excluding ortho intramolecular Hbond substituents is 1. The molecule has 8 heteroatoms. The van der Waals surface area contributed by atoms with Gasteiger partial charge in [0.15, 0.2) is 6.61 Å². The Morgan fingerprint density at radius 1 is 0.968 bits per heavy atom. The van der Waals surface area contributed by atoms with E-state index in [2.05, 4.69) is 15.8 Å². The number of anilines is 1. The summed E-state index contributed by atoms with van der Waals surface area (Å²) in [6, 6.07) is 20.0. The number of carbonyl (C=O) groups excluding carboxylic acids is 2. The molecule has 31 heavy (non-hydrogen) atoms. The number of hydrogen-bond acceptors (Lipinski definition) is 6. The van der Waals surface area contributed by atoms with Crippen molar-refractivity contribution in [2.24, 2.45) is 5.10 Å². The van der Waals surface area contributed by atoms with Gasteiger partial charge < -0.3 is 19.9 Å². The number of methoxy groups -OCH3 is 1. The highest BCUT2D eigenvalue weighted by atomic mass is 16.5. The number of ether oxygens (including phenoxy) is 2. The second-order valence-electron chi connectivity index (χ2n) is 6.35. The number of hydrazone groups is 1. The van der Waals surface area contributed by atoms with Gasteiger partial charge in [0, 0.05) is 5.69 Å². The van der Waals surface area contributed by atoms with Gasteiger partial charge in [-0.25, -0.2) is 5.43 Å². The number of amides is 2. The van der Waals surface area contributed by atoms with Crippen LogP contribution in [0.2, 0.25) is 0 Å². The lowest BCUT2D eigenvalue weighted by Crippen LogP contribution is -2.20. The fourth-order valence-corrected chi connectivity index (χ4v) is 2.56. The number of phenols is 1. The average molecular weight is 419 g/mol. The molecular formula is C23H21N3O5. The van der Waals surface area contributed by atoms with Gasteiger partial charge in [0.05, 0.1) is 18.9 Å². The molecule has 0 fully saturated rings. The van der Waals surface area contributed by atoms with Gasteiger partial charge in [-0.15, -0.1) is 0 Å². The van der Waals surface area contributed by atoms with E-state index < -0.39 is 5.91 Å². The first kappa shape index (κ1) is 21.4. The zero-order valence-corrected chi connectivity index (χ0v) is 16.7. The Labute approximate surface area is 179 Å². The number of aromatic hydroxyl groups is 1. The van der Waals surface area contributed by atoms with Crippen molar-refractivity contribution in [2.75, 3.05) is 19.0 Å². The molecule has 2 amide bonds. The van der Waals surface area contributed by atoms with Gasteiger partial charge in [0.2, 0.25) is 0 Å². The van der Waals surface area contributed by atoms with Gasteiger partial charge in [-0.1, -0.05) is 12.1 Å². The van der Waals surface area contributed by atoms with E-state index in [-0.39, 0.29) is 23.8 Å². The molecule has 3 aromatic carbocycles. The van der Waals surface area contributed by atoms with E-state index in [0.717, 1.165) is 0 Å². The van der Waals surface area contributed by atoms with Gasteiger partial charge in [-0.05, 0) is 66.2 Å². The number of nitrogens with zero attached hydrogens (tertiary/aromatic N) is 1.